The first-order valence-electron chi connectivity index (χ1n) is 8.30. The fourth-order valence-corrected chi connectivity index (χ4v) is 4.45. The number of hydrogen-bond donors (Lipinski definition) is 1. The van der Waals surface area contributed by atoms with Crippen molar-refractivity contribution in [3.05, 3.63) is 65.7 Å². The third-order valence-corrected chi connectivity index (χ3v) is 6.13. The van der Waals surface area contributed by atoms with Gasteiger partial charge in [0, 0.05) is 5.75 Å². The van der Waals surface area contributed by atoms with Gasteiger partial charge in [0.15, 0.2) is 4.34 Å². The summed E-state index contributed by atoms with van der Waals surface area (Å²) in [4.78, 5) is 12.5. The van der Waals surface area contributed by atoms with E-state index in [1.54, 1.807) is 11.8 Å². The van der Waals surface area contributed by atoms with Gasteiger partial charge in [0.05, 0.1) is 5.92 Å². The maximum absolute atomic E-state index is 12.5. The molecule has 0 saturated carbocycles. The van der Waals surface area contributed by atoms with E-state index in [2.05, 4.69) is 27.6 Å². The predicted molar refractivity (Wildman–Crippen MR) is 104 cm³/mol. The van der Waals surface area contributed by atoms with Gasteiger partial charge < -0.3 is 10.1 Å². The molecule has 1 atom stereocenters. The van der Waals surface area contributed by atoms with Crippen LogP contribution in [0.4, 0.5) is 5.13 Å². The molecule has 2 heterocycles. The monoisotopic (exact) mass is 383 g/mol. The predicted octanol–water partition coefficient (Wildman–Crippen LogP) is 4.02. The quantitative estimate of drug-likeness (QED) is 0.532. The molecule has 0 spiro atoms. The Morgan fingerprint density at radius 1 is 1.15 bits per heavy atom. The summed E-state index contributed by atoms with van der Waals surface area (Å²) in [6.45, 7) is 0.386. The Kier molecular flexibility index (Phi) is 5.17. The van der Waals surface area contributed by atoms with E-state index < -0.39 is 0 Å². The Labute approximate surface area is 159 Å². The highest BCUT2D eigenvalue weighted by Crippen LogP contribution is 2.30. The SMILES string of the molecule is O=C(Nc1nnc(SCc2ccccc2)s1)[C@H]1COc2ccccc2C1. The zero-order valence-electron chi connectivity index (χ0n) is 13.9. The van der Waals surface area contributed by atoms with Crippen molar-refractivity contribution in [2.24, 2.45) is 5.92 Å². The molecule has 26 heavy (non-hydrogen) atoms. The van der Waals surface area contributed by atoms with Gasteiger partial charge >= 0.3 is 0 Å². The fourth-order valence-electron chi connectivity index (χ4n) is 2.74. The van der Waals surface area contributed by atoms with Crippen molar-refractivity contribution in [2.75, 3.05) is 11.9 Å². The maximum atomic E-state index is 12.5. The van der Waals surface area contributed by atoms with E-state index in [0.717, 1.165) is 21.4 Å². The van der Waals surface area contributed by atoms with E-state index in [1.165, 1.54) is 16.9 Å². The molecule has 0 unspecified atom stereocenters. The van der Waals surface area contributed by atoms with Crippen LogP contribution in [0.25, 0.3) is 0 Å². The van der Waals surface area contributed by atoms with Crippen molar-refractivity contribution in [3.63, 3.8) is 0 Å². The highest BCUT2D eigenvalue weighted by atomic mass is 32.2. The first kappa shape index (κ1) is 17.1. The highest BCUT2D eigenvalue weighted by molar-refractivity contribution is 8.00. The number of nitrogens with zero attached hydrogens (tertiary/aromatic N) is 2. The molecule has 0 aliphatic carbocycles. The molecule has 1 N–H and O–H groups in total. The Hall–Kier alpha value is -2.38. The van der Waals surface area contributed by atoms with E-state index in [0.29, 0.717) is 18.2 Å². The lowest BCUT2D eigenvalue weighted by molar-refractivity contribution is -0.121. The molecule has 2 aromatic carbocycles. The van der Waals surface area contributed by atoms with Crippen LogP contribution in [-0.2, 0) is 17.0 Å². The molecule has 0 radical (unpaired) electrons. The second-order valence-electron chi connectivity index (χ2n) is 5.96. The van der Waals surface area contributed by atoms with E-state index in [1.807, 2.05) is 42.5 Å². The van der Waals surface area contributed by atoms with Crippen molar-refractivity contribution in [1.82, 2.24) is 10.2 Å². The summed E-state index contributed by atoms with van der Waals surface area (Å²) < 4.78 is 6.53. The van der Waals surface area contributed by atoms with Gasteiger partial charge in [-0.05, 0) is 23.6 Å². The third-order valence-electron chi connectivity index (χ3n) is 4.09. The minimum Gasteiger partial charge on any atom is -0.492 e. The summed E-state index contributed by atoms with van der Waals surface area (Å²) >= 11 is 3.01. The number of aromatic nitrogens is 2. The van der Waals surface area contributed by atoms with Gasteiger partial charge in [-0.1, -0.05) is 71.6 Å². The zero-order valence-corrected chi connectivity index (χ0v) is 15.6. The molecule has 1 aromatic heterocycles. The number of hydrogen-bond acceptors (Lipinski definition) is 6. The molecule has 3 aromatic rings. The van der Waals surface area contributed by atoms with Crippen LogP contribution in [0.15, 0.2) is 58.9 Å². The summed E-state index contributed by atoms with van der Waals surface area (Å²) in [5, 5.41) is 11.6. The standard InChI is InChI=1S/C19H17N3O2S2/c23-17(15-10-14-8-4-5-9-16(14)24-11-15)20-18-21-22-19(26-18)25-12-13-6-2-1-3-7-13/h1-9,15H,10-12H2,(H,20,21,23)/t15-/m1/s1. The van der Waals surface area contributed by atoms with Gasteiger partial charge in [-0.25, -0.2) is 0 Å². The number of rotatable bonds is 5. The Balaban J connectivity index is 1.33. The van der Waals surface area contributed by atoms with E-state index in [4.69, 9.17) is 4.74 Å². The molecule has 7 heteroatoms. The fraction of sp³-hybridized carbons (Fsp3) is 0.211. The number of nitrogens with one attached hydrogen (secondary N) is 1. The minimum absolute atomic E-state index is 0.0738. The number of thioether (sulfide) groups is 1. The van der Waals surface area contributed by atoms with E-state index >= 15 is 0 Å². The van der Waals surface area contributed by atoms with Gasteiger partial charge in [0.2, 0.25) is 11.0 Å². The number of ether oxygens (including phenoxy) is 1. The highest BCUT2D eigenvalue weighted by Gasteiger charge is 2.26. The van der Waals surface area contributed by atoms with Gasteiger partial charge in [0.1, 0.15) is 12.4 Å². The van der Waals surface area contributed by atoms with Crippen LogP contribution in [0.5, 0.6) is 5.75 Å². The number of para-hydroxylation sites is 1. The van der Waals surface area contributed by atoms with Crippen LogP contribution in [0.2, 0.25) is 0 Å². The van der Waals surface area contributed by atoms with Crippen LogP contribution < -0.4 is 10.1 Å². The number of anilines is 1. The molecule has 5 nitrogen and oxygen atoms in total. The summed E-state index contributed by atoms with van der Waals surface area (Å²) in [7, 11) is 0. The van der Waals surface area contributed by atoms with Gasteiger partial charge in [-0.2, -0.15) is 0 Å². The van der Waals surface area contributed by atoms with Crippen LogP contribution in [0.3, 0.4) is 0 Å². The van der Waals surface area contributed by atoms with Crippen molar-refractivity contribution < 1.29 is 9.53 Å². The first-order chi connectivity index (χ1) is 12.8. The lowest BCUT2D eigenvalue weighted by Gasteiger charge is -2.23. The van der Waals surface area contributed by atoms with E-state index in [9.17, 15) is 4.79 Å². The Morgan fingerprint density at radius 3 is 2.85 bits per heavy atom. The molecule has 132 valence electrons. The van der Waals surface area contributed by atoms with Crippen molar-refractivity contribution in [3.8, 4) is 5.75 Å². The summed E-state index contributed by atoms with van der Waals surface area (Å²) in [5.74, 6) is 1.41. The van der Waals surface area contributed by atoms with Crippen molar-refractivity contribution in [2.45, 2.75) is 16.5 Å². The second-order valence-corrected chi connectivity index (χ2v) is 8.16. The number of fused-ring (bicyclic) bond motifs is 1. The van der Waals surface area contributed by atoms with Crippen molar-refractivity contribution >= 4 is 34.1 Å². The van der Waals surface area contributed by atoms with Crippen LogP contribution in [-0.4, -0.2) is 22.7 Å². The topological polar surface area (TPSA) is 64.1 Å². The number of carbonyl (C=O) groups is 1. The third kappa shape index (κ3) is 4.05. The average Bonchev–Trinajstić information content (AvgIpc) is 3.14. The summed E-state index contributed by atoms with van der Waals surface area (Å²) in [6.07, 6.45) is 0.677. The van der Waals surface area contributed by atoms with Crippen LogP contribution in [0.1, 0.15) is 11.1 Å². The zero-order chi connectivity index (χ0) is 17.8. The molecule has 1 aliphatic heterocycles. The number of amides is 1. The molecule has 4 rings (SSSR count). The summed E-state index contributed by atoms with van der Waals surface area (Å²) in [5.41, 5.74) is 2.30. The van der Waals surface area contributed by atoms with Crippen molar-refractivity contribution in [1.29, 1.82) is 0 Å². The largest absolute Gasteiger partial charge is 0.492 e. The molecule has 0 saturated heterocycles. The Bertz CT molecular complexity index is 899. The lowest BCUT2D eigenvalue weighted by atomic mass is 9.96. The molecule has 0 bridgehead atoms. The van der Waals surface area contributed by atoms with Gasteiger partial charge in [-0.15, -0.1) is 10.2 Å². The average molecular weight is 383 g/mol. The molecular weight excluding hydrogens is 366 g/mol. The molecule has 1 aliphatic rings. The molecule has 0 fully saturated rings. The van der Waals surface area contributed by atoms with Crippen LogP contribution >= 0.6 is 23.1 Å². The van der Waals surface area contributed by atoms with Gasteiger partial charge in [0.25, 0.3) is 0 Å². The molecule has 1 amide bonds. The van der Waals surface area contributed by atoms with Crippen LogP contribution in [0, 0.1) is 5.92 Å². The maximum Gasteiger partial charge on any atom is 0.233 e. The molecular formula is C19H17N3O2S2. The van der Waals surface area contributed by atoms with E-state index in [-0.39, 0.29) is 11.8 Å². The Morgan fingerprint density at radius 2 is 1.96 bits per heavy atom. The second kappa shape index (κ2) is 7.88. The van der Waals surface area contributed by atoms with Gasteiger partial charge in [-0.3, -0.25) is 4.79 Å². The normalized spacial score (nSPS) is 15.8. The smallest absolute Gasteiger partial charge is 0.233 e. The summed E-state index contributed by atoms with van der Waals surface area (Å²) in [6, 6.07) is 18.0. The lowest BCUT2D eigenvalue weighted by Crippen LogP contribution is -2.32. The number of benzene rings is 2. The minimum atomic E-state index is -0.214. The number of carbonyl (C=O) groups excluding carboxylic acids is 1. The first-order valence-corrected chi connectivity index (χ1v) is 10.1.